The van der Waals surface area contributed by atoms with E-state index in [1.54, 1.807) is 13.8 Å². The zero-order valence-corrected chi connectivity index (χ0v) is 11.7. The van der Waals surface area contributed by atoms with Gasteiger partial charge in [0.05, 0.1) is 15.1 Å². The molecule has 0 aromatic heterocycles. The van der Waals surface area contributed by atoms with Crippen molar-refractivity contribution in [1.29, 1.82) is 0 Å². The van der Waals surface area contributed by atoms with Gasteiger partial charge in [-0.3, -0.25) is 0 Å². The molecule has 90 valence electrons. The molecule has 0 saturated heterocycles. The lowest BCUT2D eigenvalue weighted by Gasteiger charge is -2.11. The number of rotatable bonds is 3. The van der Waals surface area contributed by atoms with Crippen molar-refractivity contribution < 1.29 is 8.42 Å². The number of halogens is 3. The molecule has 0 amide bonds. The summed E-state index contributed by atoms with van der Waals surface area (Å²) < 4.78 is 26.1. The number of sulfonamides is 1. The molecule has 0 heterocycles. The Labute approximate surface area is 110 Å². The normalized spacial score (nSPS) is 12.1. The topological polar surface area (TPSA) is 46.2 Å². The number of hydrogen-bond donors (Lipinski definition) is 1. The SMILES string of the molecule is CC(C)NS(=O)(=O)c1ccc(Cl)c(Cl)c1Cl. The highest BCUT2D eigenvalue weighted by Gasteiger charge is 2.21. The van der Waals surface area contributed by atoms with Gasteiger partial charge >= 0.3 is 0 Å². The van der Waals surface area contributed by atoms with Crippen LogP contribution in [0.15, 0.2) is 17.0 Å². The second kappa shape index (κ2) is 5.10. The lowest BCUT2D eigenvalue weighted by molar-refractivity contribution is 0.570. The predicted octanol–water partition coefficient (Wildman–Crippen LogP) is 3.33. The van der Waals surface area contributed by atoms with E-state index in [9.17, 15) is 8.42 Å². The highest BCUT2D eigenvalue weighted by atomic mass is 35.5. The van der Waals surface area contributed by atoms with Crippen LogP contribution in [0.25, 0.3) is 0 Å². The van der Waals surface area contributed by atoms with Crippen molar-refractivity contribution >= 4 is 44.8 Å². The summed E-state index contributed by atoms with van der Waals surface area (Å²) in [5.41, 5.74) is 0. The zero-order chi connectivity index (χ0) is 12.5. The summed E-state index contributed by atoms with van der Waals surface area (Å²) in [6, 6.07) is 2.49. The Kier molecular flexibility index (Phi) is 4.49. The average Bonchev–Trinajstić information content (AvgIpc) is 2.11. The van der Waals surface area contributed by atoms with Crippen LogP contribution in [-0.2, 0) is 10.0 Å². The first-order chi connectivity index (χ1) is 7.25. The average molecular weight is 303 g/mol. The van der Waals surface area contributed by atoms with Crippen LogP contribution in [0, 0.1) is 0 Å². The molecule has 0 unspecified atom stereocenters. The monoisotopic (exact) mass is 301 g/mol. The Morgan fingerprint density at radius 1 is 1.12 bits per heavy atom. The van der Waals surface area contributed by atoms with Crippen LogP contribution >= 0.6 is 34.8 Å². The maximum absolute atomic E-state index is 11.8. The van der Waals surface area contributed by atoms with E-state index in [0.717, 1.165) is 0 Å². The molecule has 0 spiro atoms. The maximum Gasteiger partial charge on any atom is 0.242 e. The molecular formula is C9H10Cl3NO2S. The first-order valence-electron chi connectivity index (χ1n) is 4.41. The van der Waals surface area contributed by atoms with Crippen molar-refractivity contribution in [3.8, 4) is 0 Å². The smallest absolute Gasteiger partial charge is 0.209 e. The fourth-order valence-electron chi connectivity index (χ4n) is 1.09. The van der Waals surface area contributed by atoms with Crippen molar-refractivity contribution in [2.45, 2.75) is 24.8 Å². The summed E-state index contributed by atoms with van der Waals surface area (Å²) in [4.78, 5) is -0.0720. The molecule has 1 aromatic rings. The molecule has 16 heavy (non-hydrogen) atoms. The third-order valence-corrected chi connectivity index (χ3v) is 4.79. The van der Waals surface area contributed by atoms with Gasteiger partial charge in [-0.2, -0.15) is 0 Å². The summed E-state index contributed by atoms with van der Waals surface area (Å²) in [5, 5.41) is 0.187. The van der Waals surface area contributed by atoms with Crippen LogP contribution in [0.2, 0.25) is 15.1 Å². The second-order valence-corrected chi connectivity index (χ2v) is 6.30. The standard InChI is InChI=1S/C9H10Cl3NO2S/c1-5(2)13-16(14,15)7-4-3-6(10)8(11)9(7)12/h3-5,13H,1-2H3. The van der Waals surface area contributed by atoms with Gasteiger partial charge in [0.2, 0.25) is 10.0 Å². The molecule has 0 aliphatic rings. The van der Waals surface area contributed by atoms with Gasteiger partial charge < -0.3 is 0 Å². The van der Waals surface area contributed by atoms with E-state index in [0.29, 0.717) is 0 Å². The largest absolute Gasteiger partial charge is 0.242 e. The minimum absolute atomic E-state index is 0.0370. The molecule has 1 N–H and O–H groups in total. The van der Waals surface area contributed by atoms with Crippen LogP contribution < -0.4 is 4.72 Å². The van der Waals surface area contributed by atoms with E-state index in [4.69, 9.17) is 34.8 Å². The third-order valence-electron chi connectivity index (χ3n) is 1.68. The lowest BCUT2D eigenvalue weighted by atomic mass is 10.4. The second-order valence-electron chi connectivity index (χ2n) is 3.45. The van der Waals surface area contributed by atoms with Gasteiger partial charge in [-0.25, -0.2) is 13.1 Å². The quantitative estimate of drug-likeness (QED) is 0.871. The Hall–Kier alpha value is -0.000000000000000167. The van der Waals surface area contributed by atoms with Gasteiger partial charge in [-0.1, -0.05) is 34.8 Å². The number of nitrogens with one attached hydrogen (secondary N) is 1. The predicted molar refractivity (Wildman–Crippen MR) is 66.9 cm³/mol. The first-order valence-corrected chi connectivity index (χ1v) is 7.03. The first kappa shape index (κ1) is 14.1. The van der Waals surface area contributed by atoms with E-state index >= 15 is 0 Å². The molecule has 1 rings (SSSR count). The van der Waals surface area contributed by atoms with Gasteiger partial charge in [0.1, 0.15) is 4.90 Å². The minimum Gasteiger partial charge on any atom is -0.209 e. The van der Waals surface area contributed by atoms with E-state index < -0.39 is 10.0 Å². The summed E-state index contributed by atoms with van der Waals surface area (Å²) in [5.74, 6) is 0. The highest BCUT2D eigenvalue weighted by Crippen LogP contribution is 2.34. The summed E-state index contributed by atoms with van der Waals surface area (Å²) in [6.07, 6.45) is 0. The van der Waals surface area contributed by atoms with E-state index in [2.05, 4.69) is 4.72 Å². The Bertz CT molecular complexity index is 500. The molecule has 1 aromatic carbocycles. The van der Waals surface area contributed by atoms with E-state index in [-0.39, 0.29) is 26.0 Å². The molecule has 0 aliphatic carbocycles. The van der Waals surface area contributed by atoms with Crippen molar-refractivity contribution in [2.75, 3.05) is 0 Å². The van der Waals surface area contributed by atoms with Gasteiger partial charge in [-0.05, 0) is 26.0 Å². The van der Waals surface area contributed by atoms with Crippen molar-refractivity contribution in [1.82, 2.24) is 4.72 Å². The van der Waals surface area contributed by atoms with Gasteiger partial charge in [0, 0.05) is 6.04 Å². The molecule has 0 aliphatic heterocycles. The third kappa shape index (κ3) is 3.02. The number of hydrogen-bond acceptors (Lipinski definition) is 2. The fourth-order valence-corrected chi connectivity index (χ4v) is 3.32. The van der Waals surface area contributed by atoms with Gasteiger partial charge in [-0.15, -0.1) is 0 Å². The highest BCUT2D eigenvalue weighted by molar-refractivity contribution is 7.89. The molecule has 3 nitrogen and oxygen atoms in total. The maximum atomic E-state index is 11.8. The minimum atomic E-state index is -3.65. The Balaban J connectivity index is 3.30. The molecule has 7 heteroatoms. The molecule has 0 atom stereocenters. The van der Waals surface area contributed by atoms with Gasteiger partial charge in [0.15, 0.2) is 0 Å². The zero-order valence-electron chi connectivity index (χ0n) is 8.59. The molecular weight excluding hydrogens is 293 g/mol. The number of benzene rings is 1. The van der Waals surface area contributed by atoms with E-state index in [1.165, 1.54) is 12.1 Å². The van der Waals surface area contributed by atoms with Crippen LogP contribution in [0.1, 0.15) is 13.8 Å². The Morgan fingerprint density at radius 2 is 1.69 bits per heavy atom. The van der Waals surface area contributed by atoms with Crippen LogP contribution in [0.3, 0.4) is 0 Å². The molecule has 0 bridgehead atoms. The van der Waals surface area contributed by atoms with Crippen molar-refractivity contribution in [3.63, 3.8) is 0 Å². The fraction of sp³-hybridized carbons (Fsp3) is 0.333. The van der Waals surface area contributed by atoms with Gasteiger partial charge in [0.25, 0.3) is 0 Å². The molecule has 0 radical (unpaired) electrons. The van der Waals surface area contributed by atoms with Crippen molar-refractivity contribution in [2.24, 2.45) is 0 Å². The summed E-state index contributed by atoms with van der Waals surface area (Å²) in [6.45, 7) is 3.42. The lowest BCUT2D eigenvalue weighted by Crippen LogP contribution is -2.30. The summed E-state index contributed by atoms with van der Waals surface area (Å²) >= 11 is 17.3. The molecule has 0 saturated carbocycles. The van der Waals surface area contributed by atoms with Crippen molar-refractivity contribution in [3.05, 3.63) is 27.2 Å². The van der Waals surface area contributed by atoms with Crippen LogP contribution in [0.4, 0.5) is 0 Å². The van der Waals surface area contributed by atoms with Crippen LogP contribution in [0.5, 0.6) is 0 Å². The summed E-state index contributed by atoms with van der Waals surface area (Å²) in [7, 11) is -3.65. The van der Waals surface area contributed by atoms with Crippen LogP contribution in [-0.4, -0.2) is 14.5 Å². The Morgan fingerprint density at radius 3 is 2.19 bits per heavy atom. The molecule has 0 fully saturated rings. The van der Waals surface area contributed by atoms with E-state index in [1.807, 2.05) is 0 Å².